The Hall–Kier alpha value is -1.47. The predicted octanol–water partition coefficient (Wildman–Crippen LogP) is 3.51. The molecule has 4 nitrogen and oxygen atoms in total. The van der Waals surface area contributed by atoms with E-state index in [1.165, 1.54) is 19.2 Å². The number of ether oxygens (including phenoxy) is 3. The number of alkyl halides is 3. The van der Waals surface area contributed by atoms with Crippen molar-refractivity contribution < 1.29 is 32.2 Å². The van der Waals surface area contributed by atoms with Crippen LogP contribution in [0.1, 0.15) is 16.8 Å². The summed E-state index contributed by atoms with van der Waals surface area (Å²) in [6.07, 6.45) is -3.47. The number of carbonyl (C=O) groups excluding carboxylic acids is 1. The third-order valence-electron chi connectivity index (χ3n) is 2.33. The molecule has 0 saturated carbocycles. The first-order chi connectivity index (χ1) is 9.87. The molecule has 0 radical (unpaired) electrons. The number of aldehydes is 1. The van der Waals surface area contributed by atoms with Gasteiger partial charge in [-0.25, -0.2) is 0 Å². The van der Waals surface area contributed by atoms with Crippen molar-refractivity contribution in [1.82, 2.24) is 0 Å². The zero-order valence-electron chi connectivity index (χ0n) is 11.2. The first-order valence-corrected chi connectivity index (χ1v) is 6.35. The van der Waals surface area contributed by atoms with Crippen LogP contribution in [0.2, 0.25) is 5.02 Å². The van der Waals surface area contributed by atoms with E-state index in [4.69, 9.17) is 21.1 Å². The predicted molar refractivity (Wildman–Crippen MR) is 70.4 cm³/mol. The quantitative estimate of drug-likeness (QED) is 0.542. The fourth-order valence-corrected chi connectivity index (χ4v) is 1.74. The Bertz CT molecular complexity index is 477. The van der Waals surface area contributed by atoms with Crippen molar-refractivity contribution in [3.63, 3.8) is 0 Å². The van der Waals surface area contributed by atoms with Gasteiger partial charge < -0.3 is 14.2 Å². The molecule has 1 rings (SSSR count). The monoisotopic (exact) mass is 326 g/mol. The van der Waals surface area contributed by atoms with E-state index in [2.05, 4.69) is 4.74 Å². The minimum Gasteiger partial charge on any atom is -0.493 e. The van der Waals surface area contributed by atoms with Gasteiger partial charge in [-0.05, 0) is 12.1 Å². The number of methoxy groups -OCH3 is 1. The van der Waals surface area contributed by atoms with Gasteiger partial charge in [0, 0.05) is 12.0 Å². The van der Waals surface area contributed by atoms with Gasteiger partial charge in [0.15, 0.2) is 11.5 Å². The standard InChI is InChI=1S/C13H14ClF3O4/c1-19-11-6-9(7-18)5-10(14)12(11)21-4-2-3-20-8-13(15,16)17/h5-7H,2-4,8H2,1H3. The summed E-state index contributed by atoms with van der Waals surface area (Å²) in [6.45, 7) is -1.27. The Morgan fingerprint density at radius 3 is 2.57 bits per heavy atom. The van der Waals surface area contributed by atoms with Crippen molar-refractivity contribution in [2.24, 2.45) is 0 Å². The molecular formula is C13H14ClF3O4. The maximum absolute atomic E-state index is 11.8. The highest BCUT2D eigenvalue weighted by Gasteiger charge is 2.27. The van der Waals surface area contributed by atoms with Crippen LogP contribution in [-0.2, 0) is 4.74 Å². The smallest absolute Gasteiger partial charge is 0.411 e. The van der Waals surface area contributed by atoms with Crippen LogP contribution >= 0.6 is 11.6 Å². The van der Waals surface area contributed by atoms with E-state index >= 15 is 0 Å². The molecule has 0 aliphatic rings. The van der Waals surface area contributed by atoms with Gasteiger partial charge in [-0.1, -0.05) is 11.6 Å². The molecule has 0 aliphatic carbocycles. The molecule has 0 amide bonds. The van der Waals surface area contributed by atoms with E-state index in [1.54, 1.807) is 0 Å². The number of carbonyl (C=O) groups is 1. The first-order valence-electron chi connectivity index (χ1n) is 5.97. The molecule has 0 heterocycles. The Kier molecular flexibility index (Phi) is 6.77. The number of rotatable bonds is 8. The van der Waals surface area contributed by atoms with E-state index in [1.807, 2.05) is 0 Å². The summed E-state index contributed by atoms with van der Waals surface area (Å²) in [5, 5.41) is 0.188. The number of halogens is 4. The summed E-state index contributed by atoms with van der Waals surface area (Å²) in [5.74, 6) is 0.515. The van der Waals surface area contributed by atoms with E-state index in [0.29, 0.717) is 11.8 Å². The second kappa shape index (κ2) is 8.09. The zero-order valence-corrected chi connectivity index (χ0v) is 12.0. The third kappa shape index (κ3) is 6.22. The maximum Gasteiger partial charge on any atom is 0.411 e. The first kappa shape index (κ1) is 17.6. The third-order valence-corrected chi connectivity index (χ3v) is 2.61. The molecular weight excluding hydrogens is 313 g/mol. The van der Waals surface area contributed by atoms with Crippen molar-refractivity contribution in [3.8, 4) is 11.5 Å². The molecule has 8 heteroatoms. The lowest BCUT2D eigenvalue weighted by atomic mass is 10.2. The largest absolute Gasteiger partial charge is 0.493 e. The lowest BCUT2D eigenvalue weighted by Crippen LogP contribution is -2.18. The maximum atomic E-state index is 11.8. The van der Waals surface area contributed by atoms with Crippen LogP contribution in [0.25, 0.3) is 0 Å². The molecule has 1 aromatic carbocycles. The van der Waals surface area contributed by atoms with Gasteiger partial charge in [0.05, 0.1) is 25.3 Å². The van der Waals surface area contributed by atoms with E-state index < -0.39 is 12.8 Å². The summed E-state index contributed by atoms with van der Waals surface area (Å²) < 4.78 is 50.3. The number of benzene rings is 1. The Morgan fingerprint density at radius 2 is 2.00 bits per heavy atom. The molecule has 0 N–H and O–H groups in total. The van der Waals surface area contributed by atoms with Crippen LogP contribution in [0.5, 0.6) is 11.5 Å². The van der Waals surface area contributed by atoms with Gasteiger partial charge >= 0.3 is 6.18 Å². The molecule has 0 unspecified atom stereocenters. The minimum atomic E-state index is -4.34. The van der Waals surface area contributed by atoms with Gasteiger partial charge in [0.25, 0.3) is 0 Å². The fourth-order valence-electron chi connectivity index (χ4n) is 1.47. The van der Waals surface area contributed by atoms with Crippen LogP contribution in [0.4, 0.5) is 13.2 Å². The highest BCUT2D eigenvalue weighted by molar-refractivity contribution is 6.32. The zero-order chi connectivity index (χ0) is 15.9. The Labute approximate surface area is 124 Å². The SMILES string of the molecule is COc1cc(C=O)cc(Cl)c1OCCCOCC(F)(F)F. The molecule has 0 spiro atoms. The van der Waals surface area contributed by atoms with Crippen molar-refractivity contribution in [3.05, 3.63) is 22.7 Å². The Balaban J connectivity index is 2.47. The molecule has 0 aliphatic heterocycles. The topological polar surface area (TPSA) is 44.8 Å². The van der Waals surface area contributed by atoms with Gasteiger partial charge in [-0.15, -0.1) is 0 Å². The summed E-state index contributed by atoms with van der Waals surface area (Å²) in [6, 6.07) is 2.86. The second-order valence-electron chi connectivity index (χ2n) is 4.02. The number of hydrogen-bond acceptors (Lipinski definition) is 4. The van der Waals surface area contributed by atoms with Crippen molar-refractivity contribution in [1.29, 1.82) is 0 Å². The summed E-state index contributed by atoms with van der Waals surface area (Å²) in [5.41, 5.74) is 0.331. The molecule has 118 valence electrons. The van der Waals surface area contributed by atoms with Crippen LogP contribution in [0, 0.1) is 0 Å². The molecule has 1 aromatic rings. The van der Waals surface area contributed by atoms with Crippen LogP contribution in [0.15, 0.2) is 12.1 Å². The molecule has 0 atom stereocenters. The Morgan fingerprint density at radius 1 is 1.29 bits per heavy atom. The van der Waals surface area contributed by atoms with Gasteiger partial charge in [-0.3, -0.25) is 4.79 Å². The average molecular weight is 327 g/mol. The molecule has 0 aromatic heterocycles. The van der Waals surface area contributed by atoms with E-state index in [0.717, 1.165) is 0 Å². The second-order valence-corrected chi connectivity index (χ2v) is 4.43. The minimum absolute atomic E-state index is 0.0914. The van der Waals surface area contributed by atoms with Gasteiger partial charge in [0.2, 0.25) is 0 Å². The van der Waals surface area contributed by atoms with Crippen molar-refractivity contribution >= 4 is 17.9 Å². The average Bonchev–Trinajstić information content (AvgIpc) is 2.42. The van der Waals surface area contributed by atoms with Crippen LogP contribution in [0.3, 0.4) is 0 Å². The fraction of sp³-hybridized carbons (Fsp3) is 0.462. The molecule has 0 saturated heterocycles. The van der Waals surface area contributed by atoms with Crippen molar-refractivity contribution in [2.75, 3.05) is 26.9 Å². The summed E-state index contributed by atoms with van der Waals surface area (Å²) in [4.78, 5) is 10.7. The highest BCUT2D eigenvalue weighted by Crippen LogP contribution is 2.36. The van der Waals surface area contributed by atoms with E-state index in [-0.39, 0.29) is 36.2 Å². The molecule has 21 heavy (non-hydrogen) atoms. The van der Waals surface area contributed by atoms with Crippen LogP contribution < -0.4 is 9.47 Å². The van der Waals surface area contributed by atoms with Crippen LogP contribution in [-0.4, -0.2) is 39.4 Å². The molecule has 0 fully saturated rings. The number of hydrogen-bond donors (Lipinski definition) is 0. The van der Waals surface area contributed by atoms with E-state index in [9.17, 15) is 18.0 Å². The van der Waals surface area contributed by atoms with Crippen molar-refractivity contribution in [2.45, 2.75) is 12.6 Å². The lowest BCUT2D eigenvalue weighted by molar-refractivity contribution is -0.174. The summed E-state index contributed by atoms with van der Waals surface area (Å²) in [7, 11) is 1.39. The summed E-state index contributed by atoms with van der Waals surface area (Å²) >= 11 is 5.95. The molecule has 0 bridgehead atoms. The normalized spacial score (nSPS) is 11.3. The lowest BCUT2D eigenvalue weighted by Gasteiger charge is -2.13. The highest BCUT2D eigenvalue weighted by atomic mass is 35.5. The van der Waals surface area contributed by atoms with Gasteiger partial charge in [0.1, 0.15) is 12.9 Å². The van der Waals surface area contributed by atoms with Gasteiger partial charge in [-0.2, -0.15) is 13.2 Å².